The molecule has 0 unspecified atom stereocenters. The third-order valence-corrected chi connectivity index (χ3v) is 6.76. The van der Waals surface area contributed by atoms with Gasteiger partial charge in [-0.3, -0.25) is 9.69 Å². The molecular weight excluding hydrogens is 392 g/mol. The standard InChI is InChI=1S/C18H33ClN2O5S/c1-5-6-10-7-11(21(3)8-10)17(25)20-12(9(2)19)16-14(23)13(22)15(24)18(26-16)27-4/h9-16,18,22-24H,5-8H2,1-4H3,(H,20,25)/t9-,10-,11+,12+,13+,14+,15+,16+,18+/m1/s1. The van der Waals surface area contributed by atoms with Gasteiger partial charge >= 0.3 is 0 Å². The molecule has 2 saturated heterocycles. The summed E-state index contributed by atoms with van der Waals surface area (Å²) < 4.78 is 5.79. The zero-order valence-electron chi connectivity index (χ0n) is 16.4. The lowest BCUT2D eigenvalue weighted by molar-refractivity contribution is -0.205. The molecule has 9 atom stereocenters. The van der Waals surface area contributed by atoms with E-state index in [1.165, 1.54) is 11.8 Å². The Morgan fingerprint density at radius 1 is 1.33 bits per heavy atom. The molecule has 0 aromatic carbocycles. The maximum Gasteiger partial charge on any atom is 0.237 e. The van der Waals surface area contributed by atoms with Crippen molar-refractivity contribution in [3.8, 4) is 0 Å². The second-order valence-electron chi connectivity index (χ2n) is 7.73. The van der Waals surface area contributed by atoms with Crippen LogP contribution in [0.4, 0.5) is 0 Å². The summed E-state index contributed by atoms with van der Waals surface area (Å²) >= 11 is 7.55. The second-order valence-corrected chi connectivity index (χ2v) is 9.36. The summed E-state index contributed by atoms with van der Waals surface area (Å²) in [5.41, 5.74) is -0.702. The first kappa shape index (κ1) is 23.2. The van der Waals surface area contributed by atoms with Gasteiger partial charge in [0.2, 0.25) is 5.91 Å². The third-order valence-electron chi connectivity index (χ3n) is 5.63. The quantitative estimate of drug-likeness (QED) is 0.438. The van der Waals surface area contributed by atoms with E-state index in [2.05, 4.69) is 12.2 Å². The van der Waals surface area contributed by atoms with Crippen molar-refractivity contribution in [1.82, 2.24) is 10.2 Å². The van der Waals surface area contributed by atoms with Gasteiger partial charge in [-0.25, -0.2) is 0 Å². The number of ether oxygens (including phenoxy) is 1. The number of rotatable bonds is 7. The van der Waals surface area contributed by atoms with Crippen LogP contribution in [-0.2, 0) is 9.53 Å². The largest absolute Gasteiger partial charge is 0.388 e. The van der Waals surface area contributed by atoms with E-state index in [1.54, 1.807) is 13.2 Å². The lowest BCUT2D eigenvalue weighted by Crippen LogP contribution is -2.65. The van der Waals surface area contributed by atoms with Crippen molar-refractivity contribution in [2.24, 2.45) is 5.92 Å². The molecule has 0 saturated carbocycles. The van der Waals surface area contributed by atoms with Gasteiger partial charge in [-0.05, 0) is 39.0 Å². The van der Waals surface area contributed by atoms with Gasteiger partial charge < -0.3 is 25.4 Å². The number of hydrogen-bond acceptors (Lipinski definition) is 7. The van der Waals surface area contributed by atoms with E-state index < -0.39 is 41.3 Å². The zero-order valence-corrected chi connectivity index (χ0v) is 18.0. The second kappa shape index (κ2) is 10.1. The molecule has 158 valence electrons. The fraction of sp³-hybridized carbons (Fsp3) is 0.944. The topological polar surface area (TPSA) is 102 Å². The van der Waals surface area contributed by atoms with Crippen LogP contribution in [0.2, 0.25) is 0 Å². The van der Waals surface area contributed by atoms with E-state index in [1.807, 2.05) is 11.9 Å². The minimum Gasteiger partial charge on any atom is -0.388 e. The summed E-state index contributed by atoms with van der Waals surface area (Å²) in [5.74, 6) is 0.350. The molecule has 0 aliphatic carbocycles. The number of halogens is 1. The molecule has 9 heteroatoms. The molecule has 2 rings (SSSR count). The van der Waals surface area contributed by atoms with Gasteiger partial charge in [0.25, 0.3) is 0 Å². The van der Waals surface area contributed by atoms with Crippen LogP contribution < -0.4 is 5.32 Å². The Labute approximate surface area is 170 Å². The average molecular weight is 425 g/mol. The summed E-state index contributed by atoms with van der Waals surface area (Å²) in [6.07, 6.45) is -0.0980. The molecule has 0 spiro atoms. The number of carbonyl (C=O) groups excluding carboxylic acids is 1. The Kier molecular flexibility index (Phi) is 8.67. The first-order valence-electron chi connectivity index (χ1n) is 9.58. The van der Waals surface area contributed by atoms with Crippen LogP contribution in [0.25, 0.3) is 0 Å². The Morgan fingerprint density at radius 2 is 2.00 bits per heavy atom. The van der Waals surface area contributed by atoms with Crippen LogP contribution in [0.5, 0.6) is 0 Å². The highest BCUT2D eigenvalue weighted by Crippen LogP contribution is 2.31. The van der Waals surface area contributed by atoms with Crippen molar-refractivity contribution >= 4 is 29.3 Å². The molecule has 4 N–H and O–H groups in total. The minimum atomic E-state index is -1.36. The third kappa shape index (κ3) is 5.29. The van der Waals surface area contributed by atoms with Crippen LogP contribution in [0.3, 0.4) is 0 Å². The van der Waals surface area contributed by atoms with Crippen LogP contribution in [0, 0.1) is 5.92 Å². The fourth-order valence-electron chi connectivity index (χ4n) is 4.11. The summed E-state index contributed by atoms with van der Waals surface area (Å²) in [7, 11) is 1.94. The van der Waals surface area contributed by atoms with E-state index in [-0.39, 0.29) is 11.9 Å². The number of likely N-dealkylation sites (tertiary alicyclic amines) is 1. The number of hydrogen-bond donors (Lipinski definition) is 4. The van der Waals surface area contributed by atoms with Crippen molar-refractivity contribution in [3.05, 3.63) is 0 Å². The van der Waals surface area contributed by atoms with Gasteiger partial charge in [0.1, 0.15) is 29.9 Å². The molecule has 27 heavy (non-hydrogen) atoms. The van der Waals surface area contributed by atoms with E-state index >= 15 is 0 Å². The SMILES string of the molecule is CCC[C@@H]1C[C@@H](C(=O)N[C@H]([C@@H]2O[C@@H](SC)[C@@H](O)[C@@H](O)[C@@H]2O)[C@@H](C)Cl)N(C)C1. The molecule has 0 radical (unpaired) electrons. The Balaban J connectivity index is 2.09. The molecule has 7 nitrogen and oxygen atoms in total. The lowest BCUT2D eigenvalue weighted by atomic mass is 9.92. The Bertz CT molecular complexity index is 498. The number of likely N-dealkylation sites (N-methyl/N-ethyl adjacent to an activating group) is 1. The first-order chi connectivity index (χ1) is 12.7. The smallest absolute Gasteiger partial charge is 0.237 e. The van der Waals surface area contributed by atoms with Crippen molar-refractivity contribution in [2.45, 2.75) is 80.4 Å². The monoisotopic (exact) mass is 424 g/mol. The molecular formula is C18H33ClN2O5S. The van der Waals surface area contributed by atoms with Gasteiger partial charge in [-0.15, -0.1) is 23.4 Å². The molecule has 2 fully saturated rings. The van der Waals surface area contributed by atoms with Crippen LogP contribution >= 0.6 is 23.4 Å². The molecule has 2 heterocycles. The van der Waals surface area contributed by atoms with Gasteiger partial charge in [0, 0.05) is 6.54 Å². The Morgan fingerprint density at radius 3 is 2.56 bits per heavy atom. The van der Waals surface area contributed by atoms with Crippen molar-refractivity contribution in [1.29, 1.82) is 0 Å². The van der Waals surface area contributed by atoms with Crippen molar-refractivity contribution in [3.63, 3.8) is 0 Å². The predicted octanol–water partition coefficient (Wildman–Crippen LogP) is 0.390. The number of aliphatic hydroxyl groups excluding tert-OH is 3. The van der Waals surface area contributed by atoms with E-state index in [0.29, 0.717) is 5.92 Å². The Hall–Kier alpha value is -0.0900. The molecule has 2 aliphatic heterocycles. The summed E-state index contributed by atoms with van der Waals surface area (Å²) in [6, 6.07) is -0.934. The van der Waals surface area contributed by atoms with Gasteiger partial charge in [-0.2, -0.15) is 0 Å². The minimum absolute atomic E-state index is 0.147. The van der Waals surface area contributed by atoms with Crippen LogP contribution in [0.15, 0.2) is 0 Å². The number of amides is 1. The maximum atomic E-state index is 12.9. The highest BCUT2D eigenvalue weighted by molar-refractivity contribution is 7.99. The van der Waals surface area contributed by atoms with Crippen molar-refractivity contribution in [2.75, 3.05) is 19.8 Å². The molecule has 1 amide bonds. The highest BCUT2D eigenvalue weighted by Gasteiger charge is 2.48. The molecule has 2 aliphatic rings. The first-order valence-corrected chi connectivity index (χ1v) is 11.3. The van der Waals surface area contributed by atoms with Crippen LogP contribution in [-0.4, -0.2) is 93.3 Å². The lowest BCUT2D eigenvalue weighted by Gasteiger charge is -2.44. The number of thioether (sulfide) groups is 1. The highest BCUT2D eigenvalue weighted by atomic mass is 35.5. The summed E-state index contributed by atoms with van der Waals surface area (Å²) in [5, 5.41) is 33.0. The molecule has 0 aromatic heterocycles. The molecule has 0 aromatic rings. The number of nitrogens with one attached hydrogen (secondary N) is 1. The van der Waals surface area contributed by atoms with Gasteiger partial charge in [0.15, 0.2) is 0 Å². The number of nitrogens with zero attached hydrogens (tertiary/aromatic N) is 1. The normalized spacial score (nSPS) is 39.9. The number of alkyl halides is 1. The van der Waals surface area contributed by atoms with E-state index in [9.17, 15) is 20.1 Å². The van der Waals surface area contributed by atoms with Gasteiger partial charge in [0.05, 0.1) is 17.5 Å². The number of carbonyl (C=O) groups is 1. The van der Waals surface area contributed by atoms with E-state index in [0.717, 1.165) is 25.8 Å². The predicted molar refractivity (Wildman–Crippen MR) is 107 cm³/mol. The summed E-state index contributed by atoms with van der Waals surface area (Å²) in [4.78, 5) is 14.9. The van der Waals surface area contributed by atoms with E-state index in [4.69, 9.17) is 16.3 Å². The van der Waals surface area contributed by atoms with Crippen LogP contribution in [0.1, 0.15) is 33.1 Å². The fourth-order valence-corrected chi connectivity index (χ4v) is 5.00. The van der Waals surface area contributed by atoms with Crippen molar-refractivity contribution < 1.29 is 24.9 Å². The number of aliphatic hydroxyl groups is 3. The maximum absolute atomic E-state index is 12.9. The average Bonchev–Trinajstić information content (AvgIpc) is 2.99. The van der Waals surface area contributed by atoms with Gasteiger partial charge in [-0.1, -0.05) is 13.3 Å². The molecule has 0 bridgehead atoms. The summed E-state index contributed by atoms with van der Waals surface area (Å²) in [6.45, 7) is 4.74. The zero-order chi connectivity index (χ0) is 20.3.